The topological polar surface area (TPSA) is 41.1 Å². The second-order valence-electron chi connectivity index (χ2n) is 6.90. The number of carbonyl (C=O) groups excluding carboxylic acids is 1. The van der Waals surface area contributed by atoms with Gasteiger partial charge in [-0.05, 0) is 55.8 Å². The molecule has 24 heavy (non-hydrogen) atoms. The van der Waals surface area contributed by atoms with Crippen molar-refractivity contribution < 1.29 is 4.79 Å². The Kier molecular flexibility index (Phi) is 8.07. The predicted molar refractivity (Wildman–Crippen MR) is 101 cm³/mol. The van der Waals surface area contributed by atoms with Crippen molar-refractivity contribution in [1.82, 2.24) is 10.6 Å². The van der Waals surface area contributed by atoms with E-state index in [1.807, 2.05) is 18.2 Å². The molecule has 2 N–H and O–H groups in total. The summed E-state index contributed by atoms with van der Waals surface area (Å²) >= 11 is 6.18. The number of carbonyl (C=O) groups is 1. The minimum Gasteiger partial charge on any atom is -0.349 e. The molecule has 0 aliphatic heterocycles. The van der Waals surface area contributed by atoms with Crippen LogP contribution in [-0.2, 0) is 4.79 Å². The van der Waals surface area contributed by atoms with Gasteiger partial charge in [0.25, 0.3) is 0 Å². The van der Waals surface area contributed by atoms with Crippen molar-refractivity contribution in [3.8, 4) is 0 Å². The lowest BCUT2D eigenvalue weighted by Crippen LogP contribution is -2.40. The summed E-state index contributed by atoms with van der Waals surface area (Å²) in [7, 11) is 0. The maximum atomic E-state index is 12.8. The van der Waals surface area contributed by atoms with Gasteiger partial charge in [-0.1, -0.05) is 50.4 Å². The zero-order chi connectivity index (χ0) is 17.4. The van der Waals surface area contributed by atoms with Crippen LogP contribution >= 0.6 is 11.6 Å². The van der Waals surface area contributed by atoms with E-state index in [-0.39, 0.29) is 17.9 Å². The van der Waals surface area contributed by atoms with E-state index in [1.54, 1.807) is 0 Å². The molecule has 2 rings (SSSR count). The number of hydrogen-bond acceptors (Lipinski definition) is 2. The molecule has 1 fully saturated rings. The van der Waals surface area contributed by atoms with Crippen LogP contribution in [0, 0.1) is 11.8 Å². The van der Waals surface area contributed by atoms with Crippen LogP contribution in [0.3, 0.4) is 0 Å². The molecule has 1 amide bonds. The van der Waals surface area contributed by atoms with Gasteiger partial charge in [-0.25, -0.2) is 0 Å². The first-order valence-electron chi connectivity index (χ1n) is 9.42. The van der Waals surface area contributed by atoms with Crippen molar-refractivity contribution in [3.63, 3.8) is 0 Å². The summed E-state index contributed by atoms with van der Waals surface area (Å²) < 4.78 is 0. The maximum Gasteiger partial charge on any atom is 0.224 e. The molecule has 0 spiro atoms. The van der Waals surface area contributed by atoms with Gasteiger partial charge in [0.2, 0.25) is 5.91 Å². The first-order valence-corrected chi connectivity index (χ1v) is 9.80. The van der Waals surface area contributed by atoms with Crippen molar-refractivity contribution >= 4 is 17.5 Å². The molecule has 2 atom stereocenters. The molecular formula is C20H31ClN2O. The van der Waals surface area contributed by atoms with E-state index in [9.17, 15) is 4.79 Å². The lowest BCUT2D eigenvalue weighted by atomic mass is 9.90. The standard InChI is InChI=1S/C20H31ClN2O/c1-3-12-22-14-15(4-2)20(24)23-19(16-8-5-6-9-16)17-10-7-11-18(21)13-17/h7,10-11,13,15-16,19,22H,3-6,8-9,12,14H2,1-2H3,(H,23,24). The Morgan fingerprint density at radius 2 is 2.04 bits per heavy atom. The number of benzene rings is 1. The summed E-state index contributed by atoms with van der Waals surface area (Å²) in [5, 5.41) is 7.46. The van der Waals surface area contributed by atoms with Gasteiger partial charge in [0.15, 0.2) is 0 Å². The van der Waals surface area contributed by atoms with Gasteiger partial charge in [-0.3, -0.25) is 4.79 Å². The van der Waals surface area contributed by atoms with E-state index in [0.29, 0.717) is 5.92 Å². The molecule has 0 saturated heterocycles. The third-order valence-corrected chi connectivity index (χ3v) is 5.29. The average molecular weight is 351 g/mol. The monoisotopic (exact) mass is 350 g/mol. The number of amides is 1. The summed E-state index contributed by atoms with van der Waals surface area (Å²) in [6.07, 6.45) is 6.82. The fraction of sp³-hybridized carbons (Fsp3) is 0.650. The van der Waals surface area contributed by atoms with E-state index in [2.05, 4.69) is 30.5 Å². The average Bonchev–Trinajstić information content (AvgIpc) is 3.10. The van der Waals surface area contributed by atoms with Crippen LogP contribution in [0.1, 0.15) is 64.0 Å². The Morgan fingerprint density at radius 1 is 1.29 bits per heavy atom. The number of rotatable bonds is 9. The smallest absolute Gasteiger partial charge is 0.224 e. The molecule has 0 bridgehead atoms. The van der Waals surface area contributed by atoms with E-state index >= 15 is 0 Å². The van der Waals surface area contributed by atoms with Crippen molar-refractivity contribution in [1.29, 1.82) is 0 Å². The number of nitrogens with one attached hydrogen (secondary N) is 2. The van der Waals surface area contributed by atoms with Gasteiger partial charge < -0.3 is 10.6 Å². The maximum absolute atomic E-state index is 12.8. The van der Waals surface area contributed by atoms with Gasteiger partial charge in [-0.15, -0.1) is 0 Å². The van der Waals surface area contributed by atoms with Crippen LogP contribution in [0.2, 0.25) is 5.02 Å². The van der Waals surface area contributed by atoms with Gasteiger partial charge >= 0.3 is 0 Å². The van der Waals surface area contributed by atoms with Crippen molar-refractivity contribution in [2.45, 2.75) is 58.4 Å². The van der Waals surface area contributed by atoms with Crippen LogP contribution in [0.25, 0.3) is 0 Å². The largest absolute Gasteiger partial charge is 0.349 e. The molecule has 2 unspecified atom stereocenters. The highest BCUT2D eigenvalue weighted by atomic mass is 35.5. The molecule has 0 aromatic heterocycles. The highest BCUT2D eigenvalue weighted by Crippen LogP contribution is 2.36. The highest BCUT2D eigenvalue weighted by molar-refractivity contribution is 6.30. The van der Waals surface area contributed by atoms with Crippen LogP contribution in [-0.4, -0.2) is 19.0 Å². The molecule has 0 heterocycles. The van der Waals surface area contributed by atoms with Gasteiger partial charge in [-0.2, -0.15) is 0 Å². The molecule has 0 radical (unpaired) electrons. The van der Waals surface area contributed by atoms with E-state index in [4.69, 9.17) is 11.6 Å². The second-order valence-corrected chi connectivity index (χ2v) is 7.33. The fourth-order valence-electron chi connectivity index (χ4n) is 3.61. The molecule has 1 aliphatic rings. The number of hydrogen-bond donors (Lipinski definition) is 2. The summed E-state index contributed by atoms with van der Waals surface area (Å²) in [5.74, 6) is 0.714. The summed E-state index contributed by atoms with van der Waals surface area (Å²) in [6, 6.07) is 8.04. The van der Waals surface area contributed by atoms with Crippen molar-refractivity contribution in [2.75, 3.05) is 13.1 Å². The van der Waals surface area contributed by atoms with Crippen LogP contribution in [0.5, 0.6) is 0 Å². The molecule has 1 aromatic carbocycles. The normalized spacial score (nSPS) is 17.6. The summed E-state index contributed by atoms with van der Waals surface area (Å²) in [6.45, 7) is 5.94. The Hall–Kier alpha value is -1.06. The van der Waals surface area contributed by atoms with E-state index < -0.39 is 0 Å². The quantitative estimate of drug-likeness (QED) is 0.633. The summed E-state index contributed by atoms with van der Waals surface area (Å²) in [4.78, 5) is 12.8. The Balaban J connectivity index is 2.08. The van der Waals surface area contributed by atoms with E-state index in [0.717, 1.165) is 36.5 Å². The fourth-order valence-corrected chi connectivity index (χ4v) is 3.81. The zero-order valence-electron chi connectivity index (χ0n) is 15.0. The van der Waals surface area contributed by atoms with Gasteiger partial charge in [0, 0.05) is 11.6 Å². The molecule has 3 nitrogen and oxygen atoms in total. The SMILES string of the molecule is CCCNCC(CC)C(=O)NC(c1cccc(Cl)c1)C1CCCC1. The van der Waals surface area contributed by atoms with E-state index in [1.165, 1.54) is 25.7 Å². The lowest BCUT2D eigenvalue weighted by molar-refractivity contribution is -0.126. The van der Waals surface area contributed by atoms with Crippen LogP contribution in [0.15, 0.2) is 24.3 Å². The zero-order valence-corrected chi connectivity index (χ0v) is 15.7. The van der Waals surface area contributed by atoms with Crippen molar-refractivity contribution in [3.05, 3.63) is 34.9 Å². The van der Waals surface area contributed by atoms with Crippen LogP contribution < -0.4 is 10.6 Å². The summed E-state index contributed by atoms with van der Waals surface area (Å²) in [5.41, 5.74) is 1.14. The Labute approximate surface area is 151 Å². The molecule has 1 saturated carbocycles. The molecular weight excluding hydrogens is 320 g/mol. The molecule has 4 heteroatoms. The number of halogens is 1. The third-order valence-electron chi connectivity index (χ3n) is 5.06. The Morgan fingerprint density at radius 3 is 2.67 bits per heavy atom. The molecule has 1 aromatic rings. The van der Waals surface area contributed by atoms with Crippen LogP contribution in [0.4, 0.5) is 0 Å². The first kappa shape index (κ1) is 19.3. The molecule has 134 valence electrons. The minimum atomic E-state index is 0.0274. The predicted octanol–water partition coefficient (Wildman–Crippen LogP) is 4.71. The minimum absolute atomic E-state index is 0.0274. The highest BCUT2D eigenvalue weighted by Gasteiger charge is 2.29. The van der Waals surface area contributed by atoms with Gasteiger partial charge in [0.1, 0.15) is 0 Å². The third kappa shape index (κ3) is 5.49. The first-order chi connectivity index (χ1) is 11.7. The second kappa shape index (κ2) is 10.0. The molecule has 1 aliphatic carbocycles. The van der Waals surface area contributed by atoms with Crippen molar-refractivity contribution in [2.24, 2.45) is 11.8 Å². The Bertz CT molecular complexity index is 514. The lowest BCUT2D eigenvalue weighted by Gasteiger charge is -2.27. The van der Waals surface area contributed by atoms with Gasteiger partial charge in [0.05, 0.1) is 12.0 Å².